The van der Waals surface area contributed by atoms with Gasteiger partial charge in [-0.2, -0.15) is 18.3 Å². The Balaban J connectivity index is 0.815. The third-order valence-electron chi connectivity index (χ3n) is 11.5. The highest BCUT2D eigenvalue weighted by atomic mass is 19.4. The molecule has 286 valence electrons. The smallest absolute Gasteiger partial charge is 0.433 e. The van der Waals surface area contributed by atoms with Crippen molar-refractivity contribution in [3.63, 3.8) is 0 Å². The Morgan fingerprint density at radius 1 is 1.04 bits per heavy atom. The number of hydrogen-bond acceptors (Lipinski definition) is 9. The van der Waals surface area contributed by atoms with Gasteiger partial charge in [-0.25, -0.2) is 14.8 Å². The fraction of sp³-hybridized carbons (Fsp3) is 0.421. The predicted molar refractivity (Wildman–Crippen MR) is 196 cm³/mol. The molecule has 1 aliphatic carbocycles. The average molecular weight is 757 g/mol. The van der Waals surface area contributed by atoms with Gasteiger partial charge in [0.25, 0.3) is 5.91 Å². The molecule has 14 nitrogen and oxygen atoms in total. The van der Waals surface area contributed by atoms with Crippen LogP contribution in [0.4, 0.5) is 35.2 Å². The zero-order chi connectivity index (χ0) is 38.0. The van der Waals surface area contributed by atoms with Gasteiger partial charge in [-0.3, -0.25) is 33.8 Å². The lowest BCUT2D eigenvalue weighted by atomic mass is 9.85. The summed E-state index contributed by atoms with van der Waals surface area (Å²) in [7, 11) is 1.46. The first-order valence-corrected chi connectivity index (χ1v) is 18.5. The standard InChI is InChI=1S/C38H39F3N10O4/c1-55-31-16-28-23(14-29(31)44-36(53)27-4-2-6-32(43-27)38(39,40)41)19-51(46-28)24-9-7-22(8-10-24)18-47-20-26-15-25(47)21-50(26)30-5-3-12-48-34(17-42-35(30)48)49-13-11-33(52)45-37(49)54/h2-6,12,14,16-17,19,22,24-26H,7-11,13,15,18,20-21H2,1H3,(H,44,53)(H,45,52,54)/t22-,24-,25-,26-/m0/s1. The number of urea groups is 1. The minimum atomic E-state index is -4.66. The van der Waals surface area contributed by atoms with Crippen molar-refractivity contribution in [1.82, 2.24) is 34.4 Å². The lowest BCUT2D eigenvalue weighted by Crippen LogP contribution is -2.50. The first kappa shape index (κ1) is 35.0. The van der Waals surface area contributed by atoms with Crippen LogP contribution in [0.5, 0.6) is 5.75 Å². The molecule has 1 aromatic carbocycles. The summed E-state index contributed by atoms with van der Waals surface area (Å²) in [6, 6.07) is 11.4. The Hall–Kier alpha value is -5.71. The van der Waals surface area contributed by atoms with Crippen LogP contribution in [0.15, 0.2) is 61.1 Å². The summed E-state index contributed by atoms with van der Waals surface area (Å²) in [5, 5.41) is 10.7. The molecule has 3 saturated heterocycles. The number of imide groups is 1. The number of carbonyl (C=O) groups is 3. The number of methoxy groups -OCH3 is 1. The molecule has 4 fully saturated rings. The van der Waals surface area contributed by atoms with Crippen LogP contribution >= 0.6 is 0 Å². The van der Waals surface area contributed by atoms with Crippen molar-refractivity contribution >= 4 is 51.6 Å². The van der Waals surface area contributed by atoms with Crippen molar-refractivity contribution in [2.75, 3.05) is 48.4 Å². The molecule has 0 spiro atoms. The normalized spacial score (nSPS) is 23.2. The second-order valence-corrected chi connectivity index (χ2v) is 14.9. The molecule has 9 rings (SSSR count). The Kier molecular flexibility index (Phi) is 8.62. The summed E-state index contributed by atoms with van der Waals surface area (Å²) < 4.78 is 48.9. The second kappa shape index (κ2) is 13.5. The largest absolute Gasteiger partial charge is 0.494 e. The van der Waals surface area contributed by atoms with Crippen molar-refractivity contribution in [1.29, 1.82) is 0 Å². The van der Waals surface area contributed by atoms with Gasteiger partial charge in [-0.05, 0) is 68.4 Å². The number of likely N-dealkylation sites (tertiary alicyclic amines) is 1. The van der Waals surface area contributed by atoms with Crippen LogP contribution in [0.3, 0.4) is 0 Å². The van der Waals surface area contributed by atoms with E-state index in [1.165, 1.54) is 13.2 Å². The molecule has 4 amide bonds. The third-order valence-corrected chi connectivity index (χ3v) is 11.5. The van der Waals surface area contributed by atoms with E-state index >= 15 is 0 Å². The maximum atomic E-state index is 13.2. The van der Waals surface area contributed by atoms with Gasteiger partial charge in [0.05, 0.1) is 36.2 Å². The van der Waals surface area contributed by atoms with E-state index in [4.69, 9.17) is 14.8 Å². The van der Waals surface area contributed by atoms with Crippen molar-refractivity contribution in [2.24, 2.45) is 5.92 Å². The Labute approximate surface area is 313 Å². The highest BCUT2D eigenvalue weighted by molar-refractivity contribution is 6.06. The van der Waals surface area contributed by atoms with Crippen LogP contribution in [0.1, 0.15) is 60.7 Å². The number of ether oxygens (including phenoxy) is 1. The Morgan fingerprint density at radius 2 is 1.87 bits per heavy atom. The zero-order valence-electron chi connectivity index (χ0n) is 30.0. The second-order valence-electron chi connectivity index (χ2n) is 14.9. The van der Waals surface area contributed by atoms with Gasteiger partial charge in [0.1, 0.15) is 23.0 Å². The summed E-state index contributed by atoms with van der Waals surface area (Å²) in [6.45, 7) is 3.29. The highest BCUT2D eigenvalue weighted by Crippen LogP contribution is 2.40. The first-order chi connectivity index (χ1) is 26.5. The number of nitrogens with one attached hydrogen (secondary N) is 2. The fourth-order valence-electron chi connectivity index (χ4n) is 8.81. The molecule has 55 heavy (non-hydrogen) atoms. The maximum Gasteiger partial charge on any atom is 0.433 e. The van der Waals surface area contributed by atoms with Crippen molar-refractivity contribution in [3.05, 3.63) is 72.4 Å². The minimum absolute atomic E-state index is 0.226. The number of anilines is 3. The van der Waals surface area contributed by atoms with Gasteiger partial charge in [-0.1, -0.05) is 6.07 Å². The maximum absolute atomic E-state index is 13.2. The highest BCUT2D eigenvalue weighted by Gasteiger charge is 2.45. The number of hydrogen-bond donors (Lipinski definition) is 2. The molecule has 7 heterocycles. The lowest BCUT2D eigenvalue weighted by molar-refractivity contribution is -0.141. The Bertz CT molecular complexity index is 2320. The molecule has 4 aromatic heterocycles. The number of aromatic nitrogens is 5. The number of nitrogens with zero attached hydrogens (tertiary/aromatic N) is 8. The summed E-state index contributed by atoms with van der Waals surface area (Å²) in [4.78, 5) is 52.0. The number of pyridine rings is 2. The number of rotatable bonds is 8. The molecule has 2 atom stereocenters. The number of alkyl halides is 3. The van der Waals surface area contributed by atoms with Crippen LogP contribution in [0.25, 0.3) is 16.6 Å². The van der Waals surface area contributed by atoms with E-state index in [2.05, 4.69) is 31.5 Å². The molecule has 5 aromatic rings. The minimum Gasteiger partial charge on any atom is -0.494 e. The van der Waals surface area contributed by atoms with Gasteiger partial charge in [0.2, 0.25) is 5.91 Å². The third kappa shape index (κ3) is 6.49. The van der Waals surface area contributed by atoms with E-state index in [-0.39, 0.29) is 24.1 Å². The average Bonchev–Trinajstić information content (AvgIpc) is 3.98. The summed E-state index contributed by atoms with van der Waals surface area (Å²) in [5.41, 5.74) is 1.39. The molecule has 3 aliphatic heterocycles. The van der Waals surface area contributed by atoms with Crippen molar-refractivity contribution in [2.45, 2.75) is 62.8 Å². The SMILES string of the molecule is COc1cc2nn([C@H]3CC[C@H](CN4C[C@@H]5C[C@H]4CN5c4cccn5c(N6CCC(=O)NC6=O)cnc45)CC3)cc2cc1NC(=O)c1cccc(C(F)(F)F)n1. The van der Waals surface area contributed by atoms with E-state index < -0.39 is 23.8 Å². The van der Waals surface area contributed by atoms with Crippen molar-refractivity contribution < 1.29 is 32.3 Å². The molecule has 0 unspecified atom stereocenters. The van der Waals surface area contributed by atoms with Crippen LogP contribution < -0.4 is 25.2 Å². The van der Waals surface area contributed by atoms with Crippen LogP contribution in [-0.4, -0.2) is 92.3 Å². The lowest BCUT2D eigenvalue weighted by Gasteiger charge is -2.38. The number of amides is 4. The number of piperazine rings is 1. The molecule has 2 N–H and O–H groups in total. The number of carbonyl (C=O) groups excluding carboxylic acids is 3. The monoisotopic (exact) mass is 756 g/mol. The van der Waals surface area contributed by atoms with Crippen LogP contribution in [0, 0.1) is 5.92 Å². The molecule has 4 aliphatic rings. The number of fused-ring (bicyclic) bond motifs is 4. The molecule has 2 bridgehead atoms. The van der Waals surface area contributed by atoms with E-state index in [0.29, 0.717) is 47.3 Å². The Morgan fingerprint density at radius 3 is 2.62 bits per heavy atom. The van der Waals surface area contributed by atoms with Gasteiger partial charge >= 0.3 is 12.2 Å². The van der Waals surface area contributed by atoms with E-state index in [1.54, 1.807) is 23.2 Å². The fourth-order valence-corrected chi connectivity index (χ4v) is 8.81. The summed E-state index contributed by atoms with van der Waals surface area (Å²) in [6.07, 6.45) is 6.40. The molecular formula is C38H39F3N10O4. The van der Waals surface area contributed by atoms with E-state index in [1.807, 2.05) is 27.5 Å². The molecular weight excluding hydrogens is 717 g/mol. The van der Waals surface area contributed by atoms with Gasteiger partial charge in [0.15, 0.2) is 5.65 Å². The van der Waals surface area contributed by atoms with E-state index in [0.717, 1.165) is 80.6 Å². The van der Waals surface area contributed by atoms with Gasteiger partial charge in [-0.15, -0.1) is 0 Å². The number of benzene rings is 1. The first-order valence-electron chi connectivity index (χ1n) is 18.5. The van der Waals surface area contributed by atoms with E-state index in [9.17, 15) is 27.6 Å². The molecule has 17 heteroatoms. The van der Waals surface area contributed by atoms with Gasteiger partial charge in [0, 0.05) is 68.5 Å². The molecule has 0 radical (unpaired) electrons. The summed E-state index contributed by atoms with van der Waals surface area (Å²) in [5.74, 6) is 0.535. The van der Waals surface area contributed by atoms with Gasteiger partial charge < -0.3 is 15.0 Å². The summed E-state index contributed by atoms with van der Waals surface area (Å²) >= 11 is 0. The number of halogens is 3. The van der Waals surface area contributed by atoms with Crippen molar-refractivity contribution in [3.8, 4) is 5.75 Å². The quantitative estimate of drug-likeness (QED) is 0.210. The van der Waals surface area contributed by atoms with Crippen LogP contribution in [-0.2, 0) is 11.0 Å². The predicted octanol–water partition coefficient (Wildman–Crippen LogP) is 5.50. The number of imidazole rings is 1. The zero-order valence-corrected chi connectivity index (χ0v) is 30.0. The molecule has 1 saturated carbocycles. The topological polar surface area (TPSA) is 142 Å². The van der Waals surface area contributed by atoms with Crippen LogP contribution in [0.2, 0.25) is 0 Å².